The summed E-state index contributed by atoms with van der Waals surface area (Å²) in [5, 5.41) is 0. The SMILES string of the molecule is COC(=O)C1CC2(O[C@@H]2[S+](C)(C)=O)c2ccccc2O1. The predicted molar refractivity (Wildman–Crippen MR) is 73.9 cm³/mol. The van der Waals surface area contributed by atoms with Crippen LogP contribution in [0.2, 0.25) is 0 Å². The zero-order valence-corrected chi connectivity index (χ0v) is 12.4. The lowest BCUT2D eigenvalue weighted by atomic mass is 9.90. The minimum absolute atomic E-state index is 0.333. The molecule has 0 aliphatic carbocycles. The molecule has 2 heterocycles. The van der Waals surface area contributed by atoms with Gasteiger partial charge in [0.2, 0.25) is 0 Å². The van der Waals surface area contributed by atoms with Crippen LogP contribution in [0.15, 0.2) is 24.3 Å². The van der Waals surface area contributed by atoms with E-state index in [-0.39, 0.29) is 5.44 Å². The van der Waals surface area contributed by atoms with Crippen LogP contribution >= 0.6 is 0 Å². The van der Waals surface area contributed by atoms with Crippen LogP contribution in [-0.2, 0) is 34.0 Å². The monoisotopic (exact) mass is 297 g/mol. The minimum atomic E-state index is -2.12. The Morgan fingerprint density at radius 2 is 2.10 bits per heavy atom. The summed E-state index contributed by atoms with van der Waals surface area (Å²) >= 11 is 0. The lowest BCUT2D eigenvalue weighted by Crippen LogP contribution is -2.39. The van der Waals surface area contributed by atoms with Crippen LogP contribution < -0.4 is 4.74 Å². The molecular weight excluding hydrogens is 280 g/mol. The van der Waals surface area contributed by atoms with Crippen LogP contribution in [0.1, 0.15) is 12.0 Å². The number of hydrogen-bond acceptors (Lipinski definition) is 5. The molecule has 2 aliphatic rings. The highest BCUT2D eigenvalue weighted by Gasteiger charge is 2.71. The van der Waals surface area contributed by atoms with Gasteiger partial charge in [-0.15, -0.1) is 4.21 Å². The number of rotatable bonds is 2. The van der Waals surface area contributed by atoms with E-state index in [9.17, 15) is 9.00 Å². The Labute approximate surface area is 118 Å². The molecule has 1 spiro atoms. The summed E-state index contributed by atoms with van der Waals surface area (Å²) < 4.78 is 28.5. The number of benzene rings is 1. The van der Waals surface area contributed by atoms with Gasteiger partial charge < -0.3 is 14.2 Å². The Kier molecular flexibility index (Phi) is 2.92. The molecule has 3 atom stereocenters. The topological polar surface area (TPSA) is 65.1 Å². The van der Waals surface area contributed by atoms with Crippen molar-refractivity contribution in [2.75, 3.05) is 19.6 Å². The Balaban J connectivity index is 2.02. The van der Waals surface area contributed by atoms with Crippen molar-refractivity contribution in [2.24, 2.45) is 0 Å². The molecule has 0 amide bonds. The van der Waals surface area contributed by atoms with E-state index in [1.807, 2.05) is 18.2 Å². The second-order valence-electron chi connectivity index (χ2n) is 5.48. The molecular formula is C14H17O5S+. The number of ether oxygens (including phenoxy) is 3. The molecule has 0 bridgehead atoms. The molecule has 5 nitrogen and oxygen atoms in total. The standard InChI is InChI=1S/C14H17O5S/c1-17-12(15)11-8-14(13(19-14)20(2,3)16)9-6-4-5-7-10(9)18-11/h4-7,11,13H,8H2,1-3H3/q+1/t11?,13-,14?/m1/s1. The maximum atomic E-state index is 12.3. The molecule has 0 radical (unpaired) electrons. The van der Waals surface area contributed by atoms with Gasteiger partial charge in [-0.1, -0.05) is 18.2 Å². The third-order valence-corrected chi connectivity index (χ3v) is 5.23. The summed E-state index contributed by atoms with van der Waals surface area (Å²) in [6.07, 6.45) is 2.97. The van der Waals surface area contributed by atoms with Crippen molar-refractivity contribution >= 4 is 15.9 Å². The molecule has 1 saturated heterocycles. The summed E-state index contributed by atoms with van der Waals surface area (Å²) in [6.45, 7) is 0. The third kappa shape index (κ3) is 1.94. The van der Waals surface area contributed by atoms with Gasteiger partial charge in [0.15, 0.2) is 11.7 Å². The maximum Gasteiger partial charge on any atom is 0.347 e. The second kappa shape index (κ2) is 4.30. The zero-order valence-electron chi connectivity index (χ0n) is 11.6. The molecule has 1 aromatic rings. The highest BCUT2D eigenvalue weighted by molar-refractivity contribution is 8.02. The maximum absolute atomic E-state index is 12.3. The number of carbonyl (C=O) groups is 1. The fourth-order valence-corrected chi connectivity index (χ4v) is 4.37. The Morgan fingerprint density at radius 1 is 1.40 bits per heavy atom. The molecule has 0 saturated carbocycles. The fourth-order valence-electron chi connectivity index (χ4n) is 2.83. The van der Waals surface area contributed by atoms with E-state index in [1.54, 1.807) is 18.6 Å². The summed E-state index contributed by atoms with van der Waals surface area (Å²) in [5.41, 5.74) is -0.206. The van der Waals surface area contributed by atoms with Crippen LogP contribution in [0.5, 0.6) is 5.75 Å². The summed E-state index contributed by atoms with van der Waals surface area (Å²) in [7, 11) is -0.790. The van der Waals surface area contributed by atoms with Gasteiger partial charge >= 0.3 is 5.97 Å². The van der Waals surface area contributed by atoms with Crippen molar-refractivity contribution in [3.8, 4) is 5.75 Å². The van der Waals surface area contributed by atoms with Crippen molar-refractivity contribution in [3.63, 3.8) is 0 Å². The highest BCUT2D eigenvalue weighted by atomic mass is 32.2. The molecule has 6 heteroatoms. The predicted octanol–water partition coefficient (Wildman–Crippen LogP) is 1.32. The van der Waals surface area contributed by atoms with Gasteiger partial charge in [0.25, 0.3) is 5.44 Å². The van der Waals surface area contributed by atoms with Crippen molar-refractivity contribution in [3.05, 3.63) is 29.8 Å². The average molecular weight is 297 g/mol. The van der Waals surface area contributed by atoms with E-state index in [4.69, 9.17) is 14.2 Å². The smallest absolute Gasteiger partial charge is 0.347 e. The first-order valence-electron chi connectivity index (χ1n) is 6.33. The van der Waals surface area contributed by atoms with Crippen molar-refractivity contribution in [1.82, 2.24) is 0 Å². The first kappa shape index (κ1) is 13.6. The lowest BCUT2D eigenvalue weighted by molar-refractivity contribution is -0.150. The number of carbonyl (C=O) groups excluding carboxylic acids is 1. The van der Waals surface area contributed by atoms with Gasteiger partial charge in [0.05, 0.1) is 7.11 Å². The quantitative estimate of drug-likeness (QED) is 0.468. The molecule has 2 aliphatic heterocycles. The van der Waals surface area contributed by atoms with E-state index in [0.717, 1.165) is 5.56 Å². The lowest BCUT2D eigenvalue weighted by Gasteiger charge is -2.28. The molecule has 108 valence electrons. The molecule has 2 unspecified atom stereocenters. The van der Waals surface area contributed by atoms with Crippen LogP contribution in [0.25, 0.3) is 0 Å². The number of epoxide rings is 1. The number of para-hydroxylation sites is 1. The number of esters is 1. The van der Waals surface area contributed by atoms with E-state index < -0.39 is 27.6 Å². The molecule has 1 fully saturated rings. The first-order valence-corrected chi connectivity index (χ1v) is 8.77. The molecule has 1 aromatic carbocycles. The molecule has 20 heavy (non-hydrogen) atoms. The van der Waals surface area contributed by atoms with Gasteiger partial charge in [-0.3, -0.25) is 0 Å². The van der Waals surface area contributed by atoms with Gasteiger partial charge in [-0.05, 0) is 6.07 Å². The number of methoxy groups -OCH3 is 1. The van der Waals surface area contributed by atoms with Crippen LogP contribution in [0.3, 0.4) is 0 Å². The van der Waals surface area contributed by atoms with Crippen molar-refractivity contribution in [2.45, 2.75) is 23.6 Å². The van der Waals surface area contributed by atoms with Crippen LogP contribution in [-0.4, -0.2) is 37.1 Å². The zero-order chi connectivity index (χ0) is 14.5. The largest absolute Gasteiger partial charge is 0.478 e. The van der Waals surface area contributed by atoms with Gasteiger partial charge in [-0.25, -0.2) is 4.79 Å². The first-order chi connectivity index (χ1) is 9.38. The summed E-state index contributed by atoms with van der Waals surface area (Å²) in [6, 6.07) is 7.40. The number of fused-ring (bicyclic) bond motifs is 2. The number of hydrogen-bond donors (Lipinski definition) is 0. The van der Waals surface area contributed by atoms with Crippen LogP contribution in [0, 0.1) is 0 Å². The van der Waals surface area contributed by atoms with Crippen LogP contribution in [0.4, 0.5) is 0 Å². The average Bonchev–Trinajstić information content (AvgIpc) is 3.13. The summed E-state index contributed by atoms with van der Waals surface area (Å²) in [4.78, 5) is 11.8. The Morgan fingerprint density at radius 3 is 2.70 bits per heavy atom. The van der Waals surface area contributed by atoms with Gasteiger partial charge in [-0.2, -0.15) is 0 Å². The van der Waals surface area contributed by atoms with E-state index in [2.05, 4.69) is 0 Å². The third-order valence-electron chi connectivity index (χ3n) is 3.72. The molecule has 0 aromatic heterocycles. The Bertz CT molecular complexity index is 607. The molecule has 3 rings (SSSR count). The Hall–Kier alpha value is -1.40. The van der Waals surface area contributed by atoms with E-state index in [1.165, 1.54) is 7.11 Å². The highest BCUT2D eigenvalue weighted by Crippen LogP contribution is 2.58. The minimum Gasteiger partial charge on any atom is -0.478 e. The van der Waals surface area contributed by atoms with E-state index >= 15 is 0 Å². The van der Waals surface area contributed by atoms with E-state index in [0.29, 0.717) is 12.2 Å². The van der Waals surface area contributed by atoms with Crippen molar-refractivity contribution in [1.29, 1.82) is 0 Å². The van der Waals surface area contributed by atoms with Gasteiger partial charge in [0.1, 0.15) is 28.2 Å². The fraction of sp³-hybridized carbons (Fsp3) is 0.500. The molecule has 0 N–H and O–H groups in total. The second-order valence-corrected chi connectivity index (χ2v) is 8.52. The van der Waals surface area contributed by atoms with Gasteiger partial charge in [0, 0.05) is 12.0 Å². The summed E-state index contributed by atoms with van der Waals surface area (Å²) in [5.74, 6) is 0.159. The normalized spacial score (nSPS) is 31.4. The van der Waals surface area contributed by atoms with Crippen molar-refractivity contribution < 1.29 is 23.2 Å².